The fourth-order valence-corrected chi connectivity index (χ4v) is 1.24. The van der Waals surface area contributed by atoms with Gasteiger partial charge >= 0.3 is 5.97 Å². The lowest BCUT2D eigenvalue weighted by molar-refractivity contribution is -0.160. The van der Waals surface area contributed by atoms with Crippen molar-refractivity contribution in [2.24, 2.45) is 0 Å². The van der Waals surface area contributed by atoms with Crippen LogP contribution < -0.4 is 0 Å². The van der Waals surface area contributed by atoms with Gasteiger partial charge < -0.3 is 9.47 Å². The van der Waals surface area contributed by atoms with Crippen molar-refractivity contribution in [1.82, 2.24) is 0 Å². The summed E-state index contributed by atoms with van der Waals surface area (Å²) in [5.41, 5.74) is 0.878. The SMILES string of the molecule is CC(=O)OC(COCc1ccccc1)C(F)F. The predicted molar refractivity (Wildman–Crippen MR) is 57.7 cm³/mol. The van der Waals surface area contributed by atoms with Gasteiger partial charge in [0.25, 0.3) is 6.43 Å². The summed E-state index contributed by atoms with van der Waals surface area (Å²) in [6.45, 7) is 0.990. The number of rotatable bonds is 6. The Morgan fingerprint density at radius 2 is 1.94 bits per heavy atom. The van der Waals surface area contributed by atoms with Gasteiger partial charge in [0, 0.05) is 6.92 Å². The van der Waals surface area contributed by atoms with E-state index in [4.69, 9.17) is 4.74 Å². The maximum absolute atomic E-state index is 12.4. The predicted octanol–water partition coefficient (Wildman–Crippen LogP) is 2.40. The Labute approximate surface area is 98.3 Å². The summed E-state index contributed by atoms with van der Waals surface area (Å²) < 4.78 is 34.4. The molecular weight excluding hydrogens is 230 g/mol. The number of benzene rings is 1. The van der Waals surface area contributed by atoms with Crippen LogP contribution in [0.4, 0.5) is 8.78 Å². The zero-order valence-corrected chi connectivity index (χ0v) is 9.44. The molecule has 0 aliphatic rings. The Bertz CT molecular complexity index is 341. The summed E-state index contributed by atoms with van der Waals surface area (Å²) in [6, 6.07) is 9.15. The van der Waals surface area contributed by atoms with Gasteiger partial charge in [-0.2, -0.15) is 0 Å². The number of halogens is 2. The first kappa shape index (κ1) is 13.6. The van der Waals surface area contributed by atoms with E-state index in [1.807, 2.05) is 30.3 Å². The molecule has 1 atom stereocenters. The summed E-state index contributed by atoms with van der Waals surface area (Å²) in [6.07, 6.45) is -4.24. The van der Waals surface area contributed by atoms with Crippen LogP contribution in [-0.4, -0.2) is 25.1 Å². The van der Waals surface area contributed by atoms with Gasteiger partial charge in [-0.25, -0.2) is 8.78 Å². The van der Waals surface area contributed by atoms with Crippen LogP contribution in [0.1, 0.15) is 12.5 Å². The highest BCUT2D eigenvalue weighted by atomic mass is 19.3. The maximum atomic E-state index is 12.4. The molecule has 5 heteroatoms. The van der Waals surface area contributed by atoms with Crippen LogP contribution in [0.5, 0.6) is 0 Å². The molecule has 0 bridgehead atoms. The van der Waals surface area contributed by atoms with Crippen molar-refractivity contribution < 1.29 is 23.0 Å². The summed E-state index contributed by atoms with van der Waals surface area (Å²) in [4.78, 5) is 10.6. The van der Waals surface area contributed by atoms with Crippen LogP contribution in [-0.2, 0) is 20.9 Å². The minimum Gasteiger partial charge on any atom is -0.454 e. The molecule has 0 radical (unpaired) electrons. The molecule has 94 valence electrons. The van der Waals surface area contributed by atoms with Crippen LogP contribution in [0.15, 0.2) is 30.3 Å². The Hall–Kier alpha value is -1.49. The van der Waals surface area contributed by atoms with E-state index >= 15 is 0 Å². The van der Waals surface area contributed by atoms with E-state index in [1.54, 1.807) is 0 Å². The van der Waals surface area contributed by atoms with Crippen LogP contribution in [0, 0.1) is 0 Å². The van der Waals surface area contributed by atoms with Gasteiger partial charge in [0.2, 0.25) is 0 Å². The molecule has 0 spiro atoms. The van der Waals surface area contributed by atoms with Crippen LogP contribution in [0.3, 0.4) is 0 Å². The number of carbonyl (C=O) groups is 1. The van der Waals surface area contributed by atoms with Gasteiger partial charge in [0.05, 0.1) is 13.2 Å². The van der Waals surface area contributed by atoms with E-state index < -0.39 is 18.5 Å². The van der Waals surface area contributed by atoms with Crippen molar-refractivity contribution in [3.05, 3.63) is 35.9 Å². The molecule has 1 unspecified atom stereocenters. The molecule has 0 heterocycles. The first-order valence-corrected chi connectivity index (χ1v) is 5.16. The monoisotopic (exact) mass is 244 g/mol. The van der Waals surface area contributed by atoms with E-state index in [0.717, 1.165) is 12.5 Å². The number of alkyl halides is 2. The largest absolute Gasteiger partial charge is 0.454 e. The van der Waals surface area contributed by atoms with E-state index in [1.165, 1.54) is 0 Å². The van der Waals surface area contributed by atoms with Crippen molar-refractivity contribution in [2.75, 3.05) is 6.61 Å². The van der Waals surface area contributed by atoms with Gasteiger partial charge in [-0.1, -0.05) is 30.3 Å². The molecule has 1 rings (SSSR count). The normalized spacial score (nSPS) is 12.5. The Balaban J connectivity index is 2.35. The topological polar surface area (TPSA) is 35.5 Å². The molecule has 1 aromatic rings. The first-order valence-electron chi connectivity index (χ1n) is 5.16. The molecule has 0 saturated carbocycles. The quantitative estimate of drug-likeness (QED) is 0.721. The molecule has 17 heavy (non-hydrogen) atoms. The molecule has 0 amide bonds. The lowest BCUT2D eigenvalue weighted by Gasteiger charge is -2.16. The number of esters is 1. The zero-order valence-electron chi connectivity index (χ0n) is 9.44. The van der Waals surface area contributed by atoms with E-state index in [0.29, 0.717) is 0 Å². The van der Waals surface area contributed by atoms with Gasteiger partial charge in [-0.05, 0) is 5.56 Å². The average Bonchev–Trinajstić information content (AvgIpc) is 2.28. The Morgan fingerprint density at radius 1 is 1.29 bits per heavy atom. The first-order chi connectivity index (χ1) is 8.09. The maximum Gasteiger partial charge on any atom is 0.303 e. The molecule has 0 aliphatic heterocycles. The van der Waals surface area contributed by atoms with Crippen molar-refractivity contribution in [2.45, 2.75) is 26.1 Å². The second kappa shape index (κ2) is 6.96. The van der Waals surface area contributed by atoms with Gasteiger partial charge in [-0.3, -0.25) is 4.79 Å². The highest BCUT2D eigenvalue weighted by Crippen LogP contribution is 2.08. The molecule has 0 fully saturated rings. The van der Waals surface area contributed by atoms with Crippen molar-refractivity contribution >= 4 is 5.97 Å². The van der Waals surface area contributed by atoms with Gasteiger partial charge in [0.15, 0.2) is 6.10 Å². The second-order valence-corrected chi connectivity index (χ2v) is 3.48. The minimum atomic E-state index is -2.74. The van der Waals surface area contributed by atoms with Crippen molar-refractivity contribution in [1.29, 1.82) is 0 Å². The van der Waals surface area contributed by atoms with Crippen molar-refractivity contribution in [3.63, 3.8) is 0 Å². The third kappa shape index (κ3) is 5.40. The summed E-state index contributed by atoms with van der Waals surface area (Å²) in [5.74, 6) is -0.737. The summed E-state index contributed by atoms with van der Waals surface area (Å²) >= 11 is 0. The lowest BCUT2D eigenvalue weighted by atomic mass is 10.2. The van der Waals surface area contributed by atoms with E-state index in [-0.39, 0.29) is 13.2 Å². The third-order valence-electron chi connectivity index (χ3n) is 1.99. The number of hydrogen-bond acceptors (Lipinski definition) is 3. The molecule has 1 aromatic carbocycles. The molecule has 0 aliphatic carbocycles. The smallest absolute Gasteiger partial charge is 0.303 e. The highest BCUT2D eigenvalue weighted by molar-refractivity contribution is 5.66. The summed E-state index contributed by atoms with van der Waals surface area (Å²) in [5, 5.41) is 0. The zero-order chi connectivity index (χ0) is 12.7. The standard InChI is InChI=1S/C12H14F2O3/c1-9(15)17-11(12(13)14)8-16-7-10-5-3-2-4-6-10/h2-6,11-12H,7-8H2,1H3. The molecule has 0 aromatic heterocycles. The molecule has 3 nitrogen and oxygen atoms in total. The molecular formula is C12H14F2O3. The third-order valence-corrected chi connectivity index (χ3v) is 1.99. The van der Waals surface area contributed by atoms with Gasteiger partial charge in [-0.15, -0.1) is 0 Å². The Morgan fingerprint density at radius 3 is 2.47 bits per heavy atom. The Kier molecular flexibility index (Phi) is 5.56. The number of carbonyl (C=O) groups excluding carboxylic acids is 1. The van der Waals surface area contributed by atoms with E-state index in [9.17, 15) is 13.6 Å². The fraction of sp³-hybridized carbons (Fsp3) is 0.417. The van der Waals surface area contributed by atoms with Crippen LogP contribution >= 0.6 is 0 Å². The number of ether oxygens (including phenoxy) is 2. The van der Waals surface area contributed by atoms with Crippen LogP contribution in [0.2, 0.25) is 0 Å². The minimum absolute atomic E-state index is 0.214. The van der Waals surface area contributed by atoms with Crippen LogP contribution in [0.25, 0.3) is 0 Å². The van der Waals surface area contributed by atoms with E-state index in [2.05, 4.69) is 4.74 Å². The average molecular weight is 244 g/mol. The van der Waals surface area contributed by atoms with Crippen molar-refractivity contribution in [3.8, 4) is 0 Å². The fourth-order valence-electron chi connectivity index (χ4n) is 1.24. The lowest BCUT2D eigenvalue weighted by Crippen LogP contribution is -2.29. The molecule has 0 saturated heterocycles. The second-order valence-electron chi connectivity index (χ2n) is 3.48. The highest BCUT2D eigenvalue weighted by Gasteiger charge is 2.23. The molecule has 0 N–H and O–H groups in total. The van der Waals surface area contributed by atoms with Gasteiger partial charge in [0.1, 0.15) is 0 Å². The summed E-state index contributed by atoms with van der Waals surface area (Å²) in [7, 11) is 0. The number of hydrogen-bond donors (Lipinski definition) is 0.